The first-order valence-electron chi connectivity index (χ1n) is 4.73. The number of benzene rings is 1. The van der Waals surface area contributed by atoms with Crippen LogP contribution in [0.4, 0.5) is 22.0 Å². The third kappa shape index (κ3) is 2.58. The Balaban J connectivity index is 3.07. The van der Waals surface area contributed by atoms with Gasteiger partial charge in [0.05, 0.1) is 0 Å². The van der Waals surface area contributed by atoms with Gasteiger partial charge in [-0.25, -0.2) is 22.0 Å². The average Bonchev–Trinajstić information content (AvgIpc) is 2.33. The molecule has 0 aliphatic heterocycles. The number of rotatable bonds is 4. The standard InChI is InChI=1S/C10H8F5NO2/c1-3(10(17)18)16-2-4-5(11)7(13)9(15)8(14)6(4)12/h3,16H,2H2,1H3,(H,17,18). The molecular formula is C10H8F5NO2. The molecule has 8 heteroatoms. The van der Waals surface area contributed by atoms with E-state index in [1.165, 1.54) is 0 Å². The van der Waals surface area contributed by atoms with E-state index in [-0.39, 0.29) is 0 Å². The van der Waals surface area contributed by atoms with Crippen molar-refractivity contribution in [3.8, 4) is 0 Å². The van der Waals surface area contributed by atoms with Gasteiger partial charge in [0, 0.05) is 12.1 Å². The summed E-state index contributed by atoms with van der Waals surface area (Å²) in [5.41, 5.74) is -1.10. The van der Waals surface area contributed by atoms with E-state index < -0.39 is 53.2 Å². The summed E-state index contributed by atoms with van der Waals surface area (Å²) >= 11 is 0. The lowest BCUT2D eigenvalue weighted by Gasteiger charge is -2.11. The number of hydrogen-bond donors (Lipinski definition) is 2. The molecule has 0 aliphatic carbocycles. The number of aliphatic carboxylic acids is 1. The van der Waals surface area contributed by atoms with Gasteiger partial charge < -0.3 is 10.4 Å². The second-order valence-electron chi connectivity index (χ2n) is 3.49. The number of carboxylic acids is 1. The van der Waals surface area contributed by atoms with Crippen LogP contribution in [-0.2, 0) is 11.3 Å². The lowest BCUT2D eigenvalue weighted by Crippen LogP contribution is -2.34. The van der Waals surface area contributed by atoms with E-state index in [9.17, 15) is 26.7 Å². The Morgan fingerprint density at radius 1 is 1.06 bits per heavy atom. The average molecular weight is 269 g/mol. The van der Waals surface area contributed by atoms with E-state index in [1.54, 1.807) is 0 Å². The van der Waals surface area contributed by atoms with E-state index in [2.05, 4.69) is 5.32 Å². The highest BCUT2D eigenvalue weighted by atomic mass is 19.2. The summed E-state index contributed by atoms with van der Waals surface area (Å²) in [7, 11) is 0. The minimum atomic E-state index is -2.25. The van der Waals surface area contributed by atoms with Crippen molar-refractivity contribution in [2.45, 2.75) is 19.5 Å². The fourth-order valence-corrected chi connectivity index (χ4v) is 1.15. The predicted octanol–water partition coefficient (Wildman–Crippen LogP) is 1.94. The maximum absolute atomic E-state index is 13.1. The first-order valence-corrected chi connectivity index (χ1v) is 4.73. The van der Waals surface area contributed by atoms with Crippen LogP contribution in [-0.4, -0.2) is 17.1 Å². The molecule has 1 atom stereocenters. The second-order valence-corrected chi connectivity index (χ2v) is 3.49. The van der Waals surface area contributed by atoms with Crippen molar-refractivity contribution in [1.29, 1.82) is 0 Å². The summed E-state index contributed by atoms with van der Waals surface area (Å²) < 4.78 is 64.5. The molecular weight excluding hydrogens is 261 g/mol. The fourth-order valence-electron chi connectivity index (χ4n) is 1.15. The smallest absolute Gasteiger partial charge is 0.320 e. The second kappa shape index (κ2) is 5.30. The largest absolute Gasteiger partial charge is 0.480 e. The Hall–Kier alpha value is -1.70. The maximum atomic E-state index is 13.1. The van der Waals surface area contributed by atoms with E-state index in [4.69, 9.17) is 5.11 Å². The van der Waals surface area contributed by atoms with Crippen molar-refractivity contribution in [2.75, 3.05) is 0 Å². The Kier molecular flexibility index (Phi) is 4.23. The molecule has 0 radical (unpaired) electrons. The van der Waals surface area contributed by atoms with E-state index >= 15 is 0 Å². The topological polar surface area (TPSA) is 49.3 Å². The molecule has 0 saturated heterocycles. The number of nitrogens with one attached hydrogen (secondary N) is 1. The highest BCUT2D eigenvalue weighted by molar-refractivity contribution is 5.72. The molecule has 18 heavy (non-hydrogen) atoms. The number of carbonyl (C=O) groups is 1. The van der Waals surface area contributed by atoms with Crippen LogP contribution in [0.3, 0.4) is 0 Å². The minimum absolute atomic E-state index is 0.792. The van der Waals surface area contributed by atoms with Gasteiger partial charge >= 0.3 is 5.97 Å². The molecule has 1 rings (SSSR count). The Morgan fingerprint density at radius 3 is 1.83 bits per heavy atom. The van der Waals surface area contributed by atoms with Crippen LogP contribution in [0.25, 0.3) is 0 Å². The van der Waals surface area contributed by atoms with Crippen molar-refractivity contribution < 1.29 is 31.9 Å². The van der Waals surface area contributed by atoms with Gasteiger partial charge in [0.25, 0.3) is 0 Å². The van der Waals surface area contributed by atoms with E-state index in [0.29, 0.717) is 0 Å². The summed E-state index contributed by atoms with van der Waals surface area (Å²) in [4.78, 5) is 10.4. The van der Waals surface area contributed by atoms with Crippen LogP contribution in [0, 0.1) is 29.1 Å². The summed E-state index contributed by atoms with van der Waals surface area (Å²) in [5, 5.41) is 10.6. The van der Waals surface area contributed by atoms with Crippen LogP contribution < -0.4 is 5.32 Å². The molecule has 0 heterocycles. The van der Waals surface area contributed by atoms with Gasteiger partial charge in [-0.05, 0) is 6.92 Å². The van der Waals surface area contributed by atoms with E-state index in [0.717, 1.165) is 6.92 Å². The zero-order valence-electron chi connectivity index (χ0n) is 9.03. The molecule has 100 valence electrons. The van der Waals surface area contributed by atoms with Crippen molar-refractivity contribution in [1.82, 2.24) is 5.32 Å². The highest BCUT2D eigenvalue weighted by Gasteiger charge is 2.25. The van der Waals surface area contributed by atoms with Gasteiger partial charge in [0.15, 0.2) is 23.3 Å². The van der Waals surface area contributed by atoms with Crippen LogP contribution in [0.1, 0.15) is 12.5 Å². The quantitative estimate of drug-likeness (QED) is 0.499. The van der Waals surface area contributed by atoms with Gasteiger partial charge in [-0.15, -0.1) is 0 Å². The molecule has 0 aromatic heterocycles. The van der Waals surface area contributed by atoms with Crippen LogP contribution in [0.2, 0.25) is 0 Å². The van der Waals surface area contributed by atoms with Crippen molar-refractivity contribution >= 4 is 5.97 Å². The molecule has 0 aliphatic rings. The van der Waals surface area contributed by atoms with Gasteiger partial charge in [-0.2, -0.15) is 0 Å². The lowest BCUT2D eigenvalue weighted by molar-refractivity contribution is -0.139. The zero-order valence-corrected chi connectivity index (χ0v) is 9.03. The molecule has 0 saturated carbocycles. The Morgan fingerprint density at radius 2 is 1.44 bits per heavy atom. The Bertz CT molecular complexity index is 463. The molecule has 0 fully saturated rings. The minimum Gasteiger partial charge on any atom is -0.480 e. The van der Waals surface area contributed by atoms with Gasteiger partial charge in [0.1, 0.15) is 6.04 Å². The summed E-state index contributed by atoms with van der Waals surface area (Å²) in [6.45, 7) is 0.369. The van der Waals surface area contributed by atoms with Crippen molar-refractivity contribution in [2.24, 2.45) is 0 Å². The maximum Gasteiger partial charge on any atom is 0.320 e. The fraction of sp³-hybridized carbons (Fsp3) is 0.300. The highest BCUT2D eigenvalue weighted by Crippen LogP contribution is 2.22. The molecule has 1 unspecified atom stereocenters. The third-order valence-electron chi connectivity index (χ3n) is 2.26. The number of carboxylic acid groups (broad SMARTS) is 1. The number of halogens is 5. The van der Waals surface area contributed by atoms with Crippen LogP contribution in [0.5, 0.6) is 0 Å². The summed E-state index contributed by atoms with van der Waals surface area (Å²) in [5.74, 6) is -11.6. The van der Waals surface area contributed by atoms with Gasteiger partial charge in [-0.3, -0.25) is 4.79 Å². The Labute approximate surface area is 98.2 Å². The van der Waals surface area contributed by atoms with Crippen LogP contribution >= 0.6 is 0 Å². The molecule has 0 bridgehead atoms. The molecule has 0 amide bonds. The molecule has 0 spiro atoms. The van der Waals surface area contributed by atoms with Crippen molar-refractivity contribution in [3.63, 3.8) is 0 Å². The van der Waals surface area contributed by atoms with Gasteiger partial charge in [0.2, 0.25) is 5.82 Å². The molecule has 3 nitrogen and oxygen atoms in total. The van der Waals surface area contributed by atoms with Crippen LogP contribution in [0.15, 0.2) is 0 Å². The molecule has 2 N–H and O–H groups in total. The first kappa shape index (κ1) is 14.4. The zero-order chi connectivity index (χ0) is 14.0. The number of hydrogen-bond acceptors (Lipinski definition) is 2. The lowest BCUT2D eigenvalue weighted by atomic mass is 10.1. The van der Waals surface area contributed by atoms with Crippen molar-refractivity contribution in [3.05, 3.63) is 34.6 Å². The normalized spacial score (nSPS) is 12.6. The predicted molar refractivity (Wildman–Crippen MR) is 50.2 cm³/mol. The third-order valence-corrected chi connectivity index (χ3v) is 2.26. The summed E-state index contributed by atoms with van der Waals surface area (Å²) in [6.07, 6.45) is 0. The molecule has 1 aromatic rings. The van der Waals surface area contributed by atoms with E-state index in [1.807, 2.05) is 0 Å². The first-order chi connectivity index (χ1) is 8.27. The van der Waals surface area contributed by atoms with Gasteiger partial charge in [-0.1, -0.05) is 0 Å². The summed E-state index contributed by atoms with van der Waals surface area (Å²) in [6, 6.07) is -1.19. The molecule has 1 aromatic carbocycles. The SMILES string of the molecule is CC(NCc1c(F)c(F)c(F)c(F)c1F)C(=O)O. The monoisotopic (exact) mass is 269 g/mol.